The van der Waals surface area contributed by atoms with Crippen LogP contribution < -0.4 is 10.9 Å². The number of nitrogens with zero attached hydrogens (tertiary/aromatic N) is 2. The highest BCUT2D eigenvalue weighted by atomic mass is 32.1. The van der Waals surface area contributed by atoms with Crippen molar-refractivity contribution in [3.05, 3.63) is 57.5 Å². The number of alkyl halides is 2. The van der Waals surface area contributed by atoms with Gasteiger partial charge in [0.1, 0.15) is 0 Å². The highest BCUT2D eigenvalue weighted by Gasteiger charge is 2.46. The van der Waals surface area contributed by atoms with Crippen LogP contribution in [0.3, 0.4) is 0 Å². The van der Waals surface area contributed by atoms with Crippen molar-refractivity contribution in [3.63, 3.8) is 0 Å². The Morgan fingerprint density at radius 3 is 2.84 bits per heavy atom. The van der Waals surface area contributed by atoms with Gasteiger partial charge in [0.25, 0.3) is 5.92 Å². The summed E-state index contributed by atoms with van der Waals surface area (Å²) in [6.45, 7) is 1.87. The van der Waals surface area contributed by atoms with Gasteiger partial charge in [-0.2, -0.15) is 0 Å². The molecule has 2 aromatic heterocycles. The van der Waals surface area contributed by atoms with Crippen LogP contribution in [0.2, 0.25) is 0 Å². The van der Waals surface area contributed by atoms with Crippen LogP contribution in [0.5, 0.6) is 0 Å². The van der Waals surface area contributed by atoms with Crippen molar-refractivity contribution in [1.82, 2.24) is 14.9 Å². The standard InChI is InChI=1S/C23H24F2N4O2S/c1-13(29-8-7-23(24,25)17(12-29)16-5-6-20(30)26-11-16)21(31)28-22-27-18-9-14-3-2-4-15(14)10-19(18)32-22/h5-6,9-11,13,17H,2-4,7-8,12H2,1H3,(H,26,30)(H,27,28,31)/t13-,17?/m0/s1. The van der Waals surface area contributed by atoms with E-state index in [0.29, 0.717) is 10.7 Å². The first kappa shape index (κ1) is 21.2. The Hall–Kier alpha value is -2.65. The molecule has 32 heavy (non-hydrogen) atoms. The molecular weight excluding hydrogens is 434 g/mol. The molecule has 1 amide bonds. The summed E-state index contributed by atoms with van der Waals surface area (Å²) in [5, 5.41) is 3.41. The number of hydrogen-bond donors (Lipinski definition) is 2. The number of amides is 1. The maximum absolute atomic E-state index is 14.6. The summed E-state index contributed by atoms with van der Waals surface area (Å²) in [6, 6.07) is 6.37. The zero-order valence-corrected chi connectivity index (χ0v) is 18.5. The number of nitrogens with one attached hydrogen (secondary N) is 2. The molecule has 2 atom stereocenters. The average Bonchev–Trinajstić information content (AvgIpc) is 3.37. The number of piperidine rings is 1. The van der Waals surface area contributed by atoms with Gasteiger partial charge in [-0.1, -0.05) is 17.4 Å². The summed E-state index contributed by atoms with van der Waals surface area (Å²) in [5.74, 6) is -4.26. The molecule has 0 bridgehead atoms. The number of carbonyl (C=O) groups is 1. The molecule has 1 fully saturated rings. The molecule has 3 aromatic rings. The van der Waals surface area contributed by atoms with E-state index in [0.717, 1.165) is 23.1 Å². The summed E-state index contributed by atoms with van der Waals surface area (Å²) >= 11 is 1.44. The Labute approximate surface area is 187 Å². The molecule has 1 aromatic carbocycles. The highest BCUT2D eigenvalue weighted by Crippen LogP contribution is 2.40. The number of hydrogen-bond acceptors (Lipinski definition) is 5. The van der Waals surface area contributed by atoms with E-state index in [-0.39, 0.29) is 31.0 Å². The van der Waals surface area contributed by atoms with Gasteiger partial charge in [-0.25, -0.2) is 13.8 Å². The normalized spacial score (nSPS) is 21.4. The smallest absolute Gasteiger partial charge is 0.257 e. The number of halogens is 2. The number of likely N-dealkylation sites (tertiary alicyclic amines) is 1. The number of rotatable bonds is 4. The monoisotopic (exact) mass is 458 g/mol. The molecule has 0 saturated carbocycles. The Morgan fingerprint density at radius 2 is 2.09 bits per heavy atom. The van der Waals surface area contributed by atoms with Crippen LogP contribution in [0.15, 0.2) is 35.3 Å². The summed E-state index contributed by atoms with van der Waals surface area (Å²) < 4.78 is 30.3. The maximum Gasteiger partial charge on any atom is 0.257 e. The van der Waals surface area contributed by atoms with E-state index < -0.39 is 17.9 Å². The first-order valence-electron chi connectivity index (χ1n) is 10.8. The van der Waals surface area contributed by atoms with E-state index in [2.05, 4.69) is 27.4 Å². The largest absolute Gasteiger partial charge is 0.329 e. The molecule has 1 aliphatic carbocycles. The lowest BCUT2D eigenvalue weighted by molar-refractivity contribution is -0.125. The average molecular weight is 459 g/mol. The SMILES string of the molecule is C[C@@H](C(=O)Nc1nc2cc3c(cc2s1)CCC3)N1CCC(F)(F)C(c2ccc(=O)[nH]c2)C1. The van der Waals surface area contributed by atoms with Crippen LogP contribution in [0.4, 0.5) is 13.9 Å². The van der Waals surface area contributed by atoms with Crippen molar-refractivity contribution in [2.75, 3.05) is 18.4 Å². The van der Waals surface area contributed by atoms with E-state index in [1.807, 2.05) is 0 Å². The molecule has 0 radical (unpaired) electrons. The fraction of sp³-hybridized carbons (Fsp3) is 0.435. The van der Waals surface area contributed by atoms with Gasteiger partial charge in [-0.15, -0.1) is 0 Å². The predicted octanol–water partition coefficient (Wildman–Crippen LogP) is 3.93. The number of aryl methyl sites for hydroxylation is 2. The zero-order valence-electron chi connectivity index (χ0n) is 17.7. The number of aromatic nitrogens is 2. The highest BCUT2D eigenvalue weighted by molar-refractivity contribution is 7.22. The number of thiazole rings is 1. The third kappa shape index (κ3) is 3.95. The van der Waals surface area contributed by atoms with Gasteiger partial charge in [0.05, 0.1) is 22.2 Å². The van der Waals surface area contributed by atoms with Crippen molar-refractivity contribution < 1.29 is 13.6 Å². The molecule has 1 aliphatic heterocycles. The third-order valence-electron chi connectivity index (χ3n) is 6.63. The topological polar surface area (TPSA) is 78.1 Å². The Balaban J connectivity index is 1.30. The number of H-pyrrole nitrogens is 1. The quantitative estimate of drug-likeness (QED) is 0.621. The minimum atomic E-state index is -2.90. The number of fused-ring (bicyclic) bond motifs is 2. The van der Waals surface area contributed by atoms with Gasteiger partial charge in [-0.3, -0.25) is 14.5 Å². The summed E-state index contributed by atoms with van der Waals surface area (Å²) in [4.78, 5) is 33.0. The lowest BCUT2D eigenvalue weighted by atomic mass is 9.87. The van der Waals surface area contributed by atoms with Crippen LogP contribution in [0, 0.1) is 0 Å². The summed E-state index contributed by atoms with van der Waals surface area (Å²) in [5.41, 5.74) is 3.60. The minimum Gasteiger partial charge on any atom is -0.329 e. The minimum absolute atomic E-state index is 0.0280. The number of pyridine rings is 1. The van der Waals surface area contributed by atoms with E-state index in [1.54, 1.807) is 11.8 Å². The van der Waals surface area contributed by atoms with Crippen LogP contribution in [-0.2, 0) is 17.6 Å². The molecule has 1 unspecified atom stereocenters. The maximum atomic E-state index is 14.6. The third-order valence-corrected chi connectivity index (χ3v) is 7.56. The van der Waals surface area contributed by atoms with Crippen LogP contribution in [0.25, 0.3) is 10.2 Å². The number of anilines is 1. The number of aromatic amines is 1. The van der Waals surface area contributed by atoms with Crippen molar-refractivity contribution in [2.45, 2.75) is 50.5 Å². The zero-order chi connectivity index (χ0) is 22.5. The lowest BCUT2D eigenvalue weighted by Gasteiger charge is -2.40. The molecule has 0 spiro atoms. The van der Waals surface area contributed by atoms with Gasteiger partial charge < -0.3 is 10.3 Å². The van der Waals surface area contributed by atoms with E-state index in [9.17, 15) is 18.4 Å². The van der Waals surface area contributed by atoms with Crippen molar-refractivity contribution in [1.29, 1.82) is 0 Å². The molecule has 9 heteroatoms. The molecule has 2 aliphatic rings. The Kier molecular flexibility index (Phi) is 5.33. The second-order valence-electron chi connectivity index (χ2n) is 8.67. The molecular formula is C23H24F2N4O2S. The summed E-state index contributed by atoms with van der Waals surface area (Å²) in [6.07, 6.45) is 4.31. The van der Waals surface area contributed by atoms with Crippen LogP contribution in [-0.4, -0.2) is 45.8 Å². The predicted molar refractivity (Wildman–Crippen MR) is 121 cm³/mol. The van der Waals surface area contributed by atoms with Crippen LogP contribution >= 0.6 is 11.3 Å². The molecule has 168 valence electrons. The van der Waals surface area contributed by atoms with Gasteiger partial charge in [0, 0.05) is 31.8 Å². The van der Waals surface area contributed by atoms with Gasteiger partial charge >= 0.3 is 0 Å². The van der Waals surface area contributed by atoms with Crippen molar-refractivity contribution in [3.8, 4) is 0 Å². The second-order valence-corrected chi connectivity index (χ2v) is 9.70. The van der Waals surface area contributed by atoms with E-state index in [1.165, 1.54) is 47.2 Å². The fourth-order valence-electron chi connectivity index (χ4n) is 4.69. The van der Waals surface area contributed by atoms with Gasteiger partial charge in [0.2, 0.25) is 11.5 Å². The number of benzene rings is 1. The van der Waals surface area contributed by atoms with E-state index in [4.69, 9.17) is 0 Å². The first-order valence-corrected chi connectivity index (χ1v) is 11.7. The molecule has 6 nitrogen and oxygen atoms in total. The first-order chi connectivity index (χ1) is 15.3. The van der Waals surface area contributed by atoms with Gasteiger partial charge in [-0.05, 0) is 55.0 Å². The Morgan fingerprint density at radius 1 is 1.31 bits per heavy atom. The number of carbonyl (C=O) groups excluding carboxylic acids is 1. The van der Waals surface area contributed by atoms with Gasteiger partial charge in [0.15, 0.2) is 5.13 Å². The van der Waals surface area contributed by atoms with Crippen molar-refractivity contribution >= 4 is 32.6 Å². The molecule has 3 heterocycles. The Bertz CT molecular complexity index is 1180. The lowest BCUT2D eigenvalue weighted by Crippen LogP contribution is -2.52. The molecule has 5 rings (SSSR count). The van der Waals surface area contributed by atoms with E-state index >= 15 is 0 Å². The van der Waals surface area contributed by atoms with Crippen molar-refractivity contribution in [2.24, 2.45) is 0 Å². The fourth-order valence-corrected chi connectivity index (χ4v) is 5.60. The molecule has 2 N–H and O–H groups in total. The van der Waals surface area contributed by atoms with Crippen LogP contribution in [0.1, 0.15) is 42.4 Å². The molecule has 1 saturated heterocycles. The second kappa shape index (κ2) is 8.04. The summed E-state index contributed by atoms with van der Waals surface area (Å²) in [7, 11) is 0.